The van der Waals surface area contributed by atoms with Crippen molar-refractivity contribution in [2.24, 2.45) is 41.4 Å². The number of allylic oxidation sites excluding steroid dienone is 2. The van der Waals surface area contributed by atoms with Crippen LogP contribution < -0.4 is 0 Å². The van der Waals surface area contributed by atoms with E-state index in [0.717, 1.165) is 41.9 Å². The summed E-state index contributed by atoms with van der Waals surface area (Å²) in [5.74, 6) is 6.21. The zero-order valence-corrected chi connectivity index (χ0v) is 10.5. The van der Waals surface area contributed by atoms with Crippen molar-refractivity contribution in [2.45, 2.75) is 32.1 Å². The highest BCUT2D eigenvalue weighted by Crippen LogP contribution is 2.79. The fourth-order valence-electron chi connectivity index (χ4n) is 6.53. The maximum Gasteiger partial charge on any atom is 0.204 e. The lowest BCUT2D eigenvalue weighted by Crippen LogP contribution is -2.63. The van der Waals surface area contributed by atoms with Crippen molar-refractivity contribution in [1.29, 1.82) is 0 Å². The number of rotatable bonds is 3. The van der Waals surface area contributed by atoms with E-state index in [1.165, 1.54) is 25.7 Å². The topological polar surface area (TPSA) is 43.1 Å². The Hall–Kier alpha value is -0.860. The minimum absolute atomic E-state index is 0.113. The highest BCUT2D eigenvalue weighted by atomic mass is 16.6. The summed E-state index contributed by atoms with van der Waals surface area (Å²) in [5, 5.41) is 10.6. The molecule has 18 heavy (non-hydrogen) atoms. The second-order valence-electron chi connectivity index (χ2n) is 7.18. The first-order valence-corrected chi connectivity index (χ1v) is 7.63. The van der Waals surface area contributed by atoms with Gasteiger partial charge in [-0.2, -0.15) is 0 Å². The molecule has 0 saturated heterocycles. The molecule has 0 spiro atoms. The van der Waals surface area contributed by atoms with Gasteiger partial charge in [0.1, 0.15) is 0 Å². The lowest BCUT2D eigenvalue weighted by Gasteiger charge is -2.70. The Morgan fingerprint density at radius 3 is 2.67 bits per heavy atom. The molecule has 0 heterocycles. The standard InChI is InChI=1S/C15H19NO2/c17-16(18)6-5-7-1-2-8-9-3-4-10-11(7)15-13(9)12(8)14(10)15/h7-11,13,15H,1-6H2/t7-,8?,9?,10+,11?,13?,15?/m0/s1. The van der Waals surface area contributed by atoms with Gasteiger partial charge in [-0.05, 0) is 67.1 Å². The third-order valence-electron chi connectivity index (χ3n) is 6.98. The summed E-state index contributed by atoms with van der Waals surface area (Å²) in [4.78, 5) is 10.5. The quantitative estimate of drug-likeness (QED) is 0.436. The summed E-state index contributed by atoms with van der Waals surface area (Å²) in [6, 6.07) is 0. The van der Waals surface area contributed by atoms with Gasteiger partial charge < -0.3 is 0 Å². The Morgan fingerprint density at radius 2 is 1.83 bits per heavy atom. The Labute approximate surface area is 107 Å². The smallest absolute Gasteiger partial charge is 0.204 e. The van der Waals surface area contributed by atoms with Crippen LogP contribution in [0.1, 0.15) is 32.1 Å². The monoisotopic (exact) mass is 245 g/mol. The molecule has 9 aliphatic carbocycles. The normalized spacial score (nSPS) is 53.9. The highest BCUT2D eigenvalue weighted by Gasteiger charge is 2.71. The minimum atomic E-state index is -0.113. The van der Waals surface area contributed by atoms with E-state index >= 15 is 0 Å². The van der Waals surface area contributed by atoms with Gasteiger partial charge in [0.05, 0.1) is 0 Å². The van der Waals surface area contributed by atoms with Crippen LogP contribution in [-0.4, -0.2) is 11.5 Å². The van der Waals surface area contributed by atoms with Crippen LogP contribution >= 0.6 is 0 Å². The largest absolute Gasteiger partial charge is 0.265 e. The molecule has 5 unspecified atom stereocenters. The van der Waals surface area contributed by atoms with E-state index in [0.29, 0.717) is 5.92 Å². The molecule has 6 saturated carbocycles. The fraction of sp³-hybridized carbons (Fsp3) is 0.867. The van der Waals surface area contributed by atoms with Crippen LogP contribution in [0.2, 0.25) is 0 Å². The maximum absolute atomic E-state index is 10.6. The fourth-order valence-corrected chi connectivity index (χ4v) is 6.53. The van der Waals surface area contributed by atoms with Crippen LogP contribution in [-0.2, 0) is 0 Å². The van der Waals surface area contributed by atoms with Gasteiger partial charge in [-0.3, -0.25) is 10.1 Å². The molecule has 9 rings (SSSR count). The van der Waals surface area contributed by atoms with Crippen LogP contribution in [0, 0.1) is 51.5 Å². The van der Waals surface area contributed by atoms with E-state index in [1.54, 1.807) is 0 Å². The zero-order valence-electron chi connectivity index (χ0n) is 10.5. The highest BCUT2D eigenvalue weighted by molar-refractivity contribution is 5.52. The third-order valence-corrected chi connectivity index (χ3v) is 6.98. The summed E-state index contributed by atoms with van der Waals surface area (Å²) in [5.41, 5.74) is 3.77. The van der Waals surface area contributed by atoms with Crippen molar-refractivity contribution >= 4 is 0 Å². The predicted octanol–water partition coefficient (Wildman–Crippen LogP) is 2.89. The lowest BCUT2D eigenvalue weighted by atomic mass is 9.34. The van der Waals surface area contributed by atoms with Crippen LogP contribution in [0.3, 0.4) is 0 Å². The molecule has 0 aromatic heterocycles. The third kappa shape index (κ3) is 0.896. The summed E-state index contributed by atoms with van der Waals surface area (Å²) >= 11 is 0. The van der Waals surface area contributed by atoms with Gasteiger partial charge in [0.2, 0.25) is 6.54 Å². The van der Waals surface area contributed by atoms with Crippen molar-refractivity contribution in [3.05, 3.63) is 21.3 Å². The SMILES string of the molecule is O=[N+]([O-])CC[C@@H]1CCC2C3=C4C5C3C2CC[C@@H]4C51. The second-order valence-corrected chi connectivity index (χ2v) is 7.18. The van der Waals surface area contributed by atoms with Gasteiger partial charge in [-0.25, -0.2) is 0 Å². The Morgan fingerprint density at radius 1 is 1.06 bits per heavy atom. The minimum Gasteiger partial charge on any atom is -0.265 e. The Balaban J connectivity index is 1.47. The predicted molar refractivity (Wildman–Crippen MR) is 66.4 cm³/mol. The van der Waals surface area contributed by atoms with Gasteiger partial charge in [-0.1, -0.05) is 11.1 Å². The molecule has 0 aromatic carbocycles. The summed E-state index contributed by atoms with van der Waals surface area (Å²) < 4.78 is 0. The van der Waals surface area contributed by atoms with Gasteiger partial charge in [-0.15, -0.1) is 0 Å². The average molecular weight is 245 g/mol. The van der Waals surface area contributed by atoms with Gasteiger partial charge in [0.15, 0.2) is 0 Å². The van der Waals surface area contributed by atoms with E-state index < -0.39 is 0 Å². The molecule has 3 nitrogen and oxygen atoms in total. The van der Waals surface area contributed by atoms with E-state index in [-0.39, 0.29) is 11.5 Å². The Kier molecular flexibility index (Phi) is 1.66. The number of nitrogens with zero attached hydrogens (tertiary/aromatic N) is 1. The van der Waals surface area contributed by atoms with E-state index in [4.69, 9.17) is 0 Å². The van der Waals surface area contributed by atoms with Crippen LogP contribution in [0.4, 0.5) is 0 Å². The van der Waals surface area contributed by atoms with Crippen molar-refractivity contribution in [2.75, 3.05) is 6.54 Å². The van der Waals surface area contributed by atoms with Crippen molar-refractivity contribution < 1.29 is 4.92 Å². The lowest BCUT2D eigenvalue weighted by molar-refractivity contribution is -0.482. The first kappa shape index (κ1) is 9.99. The molecule has 0 amide bonds. The number of hydrogen-bond donors (Lipinski definition) is 0. The van der Waals surface area contributed by atoms with Gasteiger partial charge in [0.25, 0.3) is 0 Å². The second kappa shape index (κ2) is 3.00. The maximum atomic E-state index is 10.6. The molecule has 0 N–H and O–H groups in total. The molecule has 6 fully saturated rings. The first-order valence-electron chi connectivity index (χ1n) is 7.63. The van der Waals surface area contributed by atoms with E-state index in [9.17, 15) is 10.1 Å². The zero-order chi connectivity index (χ0) is 12.0. The number of hydrogen-bond acceptors (Lipinski definition) is 2. The Bertz CT molecular complexity index is 483. The molecule has 3 heteroatoms. The van der Waals surface area contributed by atoms with Crippen LogP contribution in [0.5, 0.6) is 0 Å². The summed E-state index contributed by atoms with van der Waals surface area (Å²) in [6.07, 6.45) is 6.33. The molecule has 96 valence electrons. The molecule has 0 aliphatic heterocycles. The molecule has 7 atom stereocenters. The van der Waals surface area contributed by atoms with Crippen LogP contribution in [0.15, 0.2) is 11.1 Å². The molecule has 0 aromatic rings. The van der Waals surface area contributed by atoms with Gasteiger partial charge >= 0.3 is 0 Å². The van der Waals surface area contributed by atoms with Crippen molar-refractivity contribution in [3.8, 4) is 0 Å². The van der Waals surface area contributed by atoms with Gasteiger partial charge in [0, 0.05) is 11.3 Å². The van der Waals surface area contributed by atoms with Crippen molar-refractivity contribution in [1.82, 2.24) is 0 Å². The summed E-state index contributed by atoms with van der Waals surface area (Å²) in [6.45, 7) is 0.200. The average Bonchev–Trinajstić information content (AvgIpc) is 2.60. The van der Waals surface area contributed by atoms with E-state index in [1.807, 2.05) is 11.1 Å². The van der Waals surface area contributed by atoms with Crippen molar-refractivity contribution in [3.63, 3.8) is 0 Å². The molecular weight excluding hydrogens is 226 g/mol. The molecular formula is C15H19NO2. The first-order chi connectivity index (χ1) is 8.77. The molecule has 9 aliphatic rings. The number of nitro groups is 1. The molecule has 8 bridgehead atoms. The summed E-state index contributed by atoms with van der Waals surface area (Å²) in [7, 11) is 0. The molecule has 0 radical (unpaired) electrons. The van der Waals surface area contributed by atoms with Crippen LogP contribution in [0.25, 0.3) is 0 Å². The van der Waals surface area contributed by atoms with E-state index in [2.05, 4.69) is 0 Å².